The summed E-state index contributed by atoms with van der Waals surface area (Å²) in [6.45, 7) is -0.143. The molecule has 0 aliphatic carbocycles. The molecule has 4 aromatic heterocycles. The third kappa shape index (κ3) is 2.97. The quantitative estimate of drug-likeness (QED) is 0.460. The van der Waals surface area contributed by atoms with E-state index in [9.17, 15) is 14.4 Å². The summed E-state index contributed by atoms with van der Waals surface area (Å²) in [5.74, 6) is 0.206. The highest BCUT2D eigenvalue weighted by atomic mass is 32.1. The molecule has 0 bridgehead atoms. The summed E-state index contributed by atoms with van der Waals surface area (Å²) in [6.07, 6.45) is 3.23. The van der Waals surface area contributed by atoms with Gasteiger partial charge in [-0.05, 0) is 0 Å². The summed E-state index contributed by atoms with van der Waals surface area (Å²) in [5.41, 5.74) is 0.990. The van der Waals surface area contributed by atoms with E-state index in [1.807, 2.05) is 46.3 Å². The largest absolute Gasteiger partial charge is 0.332 e. The second-order valence-corrected chi connectivity index (χ2v) is 7.90. The molecule has 0 aliphatic heterocycles. The standard InChI is InChI=1S/C20H17N7O3S/c1-24-17-15(18(29)25(2)20(24)30)26(11-21-17)10-13(28)22-16-14(12-6-4-3-5-7-12)23-19-27(16)8-9-31-19/h3-9,11H,10H2,1-2H3,(H,22,28). The molecule has 5 rings (SSSR count). The number of carbonyl (C=O) groups is 1. The Kier molecular flexibility index (Phi) is 4.33. The van der Waals surface area contributed by atoms with Crippen molar-refractivity contribution in [1.29, 1.82) is 0 Å². The van der Waals surface area contributed by atoms with Gasteiger partial charge in [-0.2, -0.15) is 0 Å². The lowest BCUT2D eigenvalue weighted by atomic mass is 10.1. The van der Waals surface area contributed by atoms with E-state index in [1.165, 1.54) is 40.9 Å². The molecule has 0 saturated heterocycles. The number of anilines is 1. The molecule has 0 spiro atoms. The van der Waals surface area contributed by atoms with Crippen LogP contribution in [-0.2, 0) is 25.4 Å². The molecule has 1 amide bonds. The maximum atomic E-state index is 12.9. The SMILES string of the molecule is Cn1c(=O)c2c(ncn2CC(=O)Nc2c(-c3ccccc3)nc3sccn23)n(C)c1=O. The van der Waals surface area contributed by atoms with Crippen molar-refractivity contribution in [2.45, 2.75) is 6.54 Å². The summed E-state index contributed by atoms with van der Waals surface area (Å²) < 4.78 is 5.54. The van der Waals surface area contributed by atoms with Gasteiger partial charge in [0.25, 0.3) is 5.56 Å². The zero-order valence-electron chi connectivity index (χ0n) is 16.6. The van der Waals surface area contributed by atoms with Crippen LogP contribution < -0.4 is 16.6 Å². The zero-order valence-corrected chi connectivity index (χ0v) is 17.5. The van der Waals surface area contributed by atoms with E-state index in [0.717, 1.165) is 15.1 Å². The summed E-state index contributed by atoms with van der Waals surface area (Å²) >= 11 is 1.47. The third-order valence-electron chi connectivity index (χ3n) is 5.10. The minimum Gasteiger partial charge on any atom is -0.315 e. The molecule has 0 radical (unpaired) electrons. The van der Waals surface area contributed by atoms with E-state index >= 15 is 0 Å². The lowest BCUT2D eigenvalue weighted by Gasteiger charge is -2.09. The monoisotopic (exact) mass is 435 g/mol. The van der Waals surface area contributed by atoms with Crippen molar-refractivity contribution >= 4 is 39.2 Å². The molecular formula is C20H17N7O3S. The van der Waals surface area contributed by atoms with Crippen LogP contribution in [0.15, 0.2) is 57.8 Å². The smallest absolute Gasteiger partial charge is 0.315 e. The number of hydrogen-bond acceptors (Lipinski definition) is 6. The topological polar surface area (TPSA) is 108 Å². The highest BCUT2D eigenvalue weighted by Gasteiger charge is 2.19. The second-order valence-electron chi connectivity index (χ2n) is 7.03. The van der Waals surface area contributed by atoms with Crippen LogP contribution in [0.5, 0.6) is 0 Å². The predicted octanol–water partition coefficient (Wildman–Crippen LogP) is 1.45. The van der Waals surface area contributed by atoms with E-state index in [-0.39, 0.29) is 23.6 Å². The number of rotatable bonds is 4. The van der Waals surface area contributed by atoms with Gasteiger partial charge >= 0.3 is 5.69 Å². The Balaban J connectivity index is 1.53. The number of carbonyl (C=O) groups excluding carboxylic acids is 1. The Morgan fingerprint density at radius 3 is 2.68 bits per heavy atom. The minimum absolute atomic E-state index is 0.143. The number of aromatic nitrogens is 6. The number of nitrogens with zero attached hydrogens (tertiary/aromatic N) is 6. The van der Waals surface area contributed by atoms with Crippen LogP contribution in [0.1, 0.15) is 0 Å². The second kappa shape index (κ2) is 7.06. The van der Waals surface area contributed by atoms with Crippen LogP contribution in [0, 0.1) is 0 Å². The highest BCUT2D eigenvalue weighted by Crippen LogP contribution is 2.30. The van der Waals surface area contributed by atoms with Crippen LogP contribution in [0.3, 0.4) is 0 Å². The molecule has 1 aromatic carbocycles. The van der Waals surface area contributed by atoms with E-state index in [2.05, 4.69) is 15.3 Å². The number of amides is 1. The first-order valence-electron chi connectivity index (χ1n) is 9.37. The van der Waals surface area contributed by atoms with Gasteiger partial charge in [0.1, 0.15) is 18.1 Å². The van der Waals surface area contributed by atoms with Crippen molar-refractivity contribution in [3.63, 3.8) is 0 Å². The molecular weight excluding hydrogens is 418 g/mol. The number of nitrogens with one attached hydrogen (secondary N) is 1. The van der Waals surface area contributed by atoms with Crippen LogP contribution in [-0.4, -0.2) is 34.0 Å². The van der Waals surface area contributed by atoms with Crippen LogP contribution in [0.4, 0.5) is 5.82 Å². The summed E-state index contributed by atoms with van der Waals surface area (Å²) in [5, 5.41) is 4.81. The minimum atomic E-state index is -0.502. The number of benzene rings is 1. The van der Waals surface area contributed by atoms with Crippen LogP contribution in [0.25, 0.3) is 27.4 Å². The van der Waals surface area contributed by atoms with E-state index in [4.69, 9.17) is 0 Å². The maximum absolute atomic E-state index is 12.9. The van der Waals surface area contributed by atoms with Crippen molar-refractivity contribution < 1.29 is 4.79 Å². The first-order valence-corrected chi connectivity index (χ1v) is 10.3. The van der Waals surface area contributed by atoms with Gasteiger partial charge in [0.2, 0.25) is 5.91 Å². The van der Waals surface area contributed by atoms with Gasteiger partial charge < -0.3 is 9.88 Å². The van der Waals surface area contributed by atoms with Crippen LogP contribution in [0.2, 0.25) is 0 Å². The molecule has 10 nitrogen and oxygen atoms in total. The first-order chi connectivity index (χ1) is 15.0. The average Bonchev–Trinajstić information content (AvgIpc) is 3.47. The third-order valence-corrected chi connectivity index (χ3v) is 5.85. The first kappa shape index (κ1) is 19.0. The number of fused-ring (bicyclic) bond motifs is 2. The van der Waals surface area contributed by atoms with E-state index in [0.29, 0.717) is 11.5 Å². The lowest BCUT2D eigenvalue weighted by Crippen LogP contribution is -2.37. The Morgan fingerprint density at radius 2 is 1.90 bits per heavy atom. The zero-order chi connectivity index (χ0) is 21.7. The Hall–Kier alpha value is -3.99. The Labute approximate surface area is 178 Å². The number of aryl methyl sites for hydroxylation is 1. The average molecular weight is 435 g/mol. The van der Waals surface area contributed by atoms with Crippen molar-refractivity contribution in [2.75, 3.05) is 5.32 Å². The Morgan fingerprint density at radius 1 is 1.13 bits per heavy atom. The van der Waals surface area contributed by atoms with Crippen molar-refractivity contribution in [3.8, 4) is 11.3 Å². The molecule has 5 aromatic rings. The molecule has 0 unspecified atom stereocenters. The molecule has 0 aliphatic rings. The molecule has 0 atom stereocenters. The van der Waals surface area contributed by atoms with Gasteiger partial charge in [-0.1, -0.05) is 30.3 Å². The molecule has 1 N–H and O–H groups in total. The molecule has 11 heteroatoms. The van der Waals surface area contributed by atoms with Gasteiger partial charge in [0.05, 0.1) is 6.33 Å². The number of thiazole rings is 1. The summed E-state index contributed by atoms with van der Waals surface area (Å²) in [4.78, 5) is 47.2. The van der Waals surface area contributed by atoms with Gasteiger partial charge in [-0.3, -0.25) is 23.1 Å². The highest BCUT2D eigenvalue weighted by molar-refractivity contribution is 7.15. The molecule has 0 saturated carbocycles. The number of imidazole rings is 2. The molecule has 4 heterocycles. The predicted molar refractivity (Wildman–Crippen MR) is 117 cm³/mol. The molecule has 0 fully saturated rings. The van der Waals surface area contributed by atoms with E-state index in [1.54, 1.807) is 0 Å². The fourth-order valence-corrected chi connectivity index (χ4v) is 4.26. The molecule has 31 heavy (non-hydrogen) atoms. The fourth-order valence-electron chi connectivity index (χ4n) is 3.55. The van der Waals surface area contributed by atoms with Gasteiger partial charge in [-0.25, -0.2) is 14.8 Å². The van der Waals surface area contributed by atoms with Gasteiger partial charge in [0, 0.05) is 31.2 Å². The van der Waals surface area contributed by atoms with Crippen LogP contribution >= 0.6 is 11.3 Å². The van der Waals surface area contributed by atoms with Gasteiger partial charge in [-0.15, -0.1) is 11.3 Å². The van der Waals surface area contributed by atoms with E-state index < -0.39 is 11.2 Å². The normalized spacial score (nSPS) is 11.4. The summed E-state index contributed by atoms with van der Waals surface area (Å²) in [6, 6.07) is 9.58. The fraction of sp³-hybridized carbons (Fsp3) is 0.150. The molecule has 156 valence electrons. The summed E-state index contributed by atoms with van der Waals surface area (Å²) in [7, 11) is 2.93. The van der Waals surface area contributed by atoms with Gasteiger partial charge in [0.15, 0.2) is 16.1 Å². The van der Waals surface area contributed by atoms with Crippen molar-refractivity contribution in [2.24, 2.45) is 14.1 Å². The van der Waals surface area contributed by atoms with Crippen molar-refractivity contribution in [1.82, 2.24) is 28.1 Å². The number of hydrogen-bond donors (Lipinski definition) is 1. The lowest BCUT2D eigenvalue weighted by molar-refractivity contribution is -0.116. The maximum Gasteiger partial charge on any atom is 0.332 e. The van der Waals surface area contributed by atoms with Crippen molar-refractivity contribution in [3.05, 3.63) is 69.1 Å². The Bertz CT molecular complexity index is 1570.